The lowest BCUT2D eigenvalue weighted by atomic mass is 10.2. The van der Waals surface area contributed by atoms with Crippen LogP contribution in [0.25, 0.3) is 0 Å². The zero-order valence-corrected chi connectivity index (χ0v) is 15.3. The van der Waals surface area contributed by atoms with Gasteiger partial charge in [0.15, 0.2) is 0 Å². The summed E-state index contributed by atoms with van der Waals surface area (Å²) in [5.41, 5.74) is 2.16. The first-order valence-corrected chi connectivity index (χ1v) is 9.47. The van der Waals surface area contributed by atoms with Gasteiger partial charge in [0.1, 0.15) is 5.75 Å². The van der Waals surface area contributed by atoms with Crippen LogP contribution in [-0.2, 0) is 11.3 Å². The molecule has 2 aromatic rings. The van der Waals surface area contributed by atoms with Gasteiger partial charge in [-0.1, -0.05) is 18.2 Å². The molecule has 6 heteroatoms. The molecule has 2 unspecified atom stereocenters. The summed E-state index contributed by atoms with van der Waals surface area (Å²) in [5, 5.41) is 6.49. The van der Waals surface area contributed by atoms with Gasteiger partial charge < -0.3 is 10.1 Å². The van der Waals surface area contributed by atoms with E-state index in [4.69, 9.17) is 4.74 Å². The summed E-state index contributed by atoms with van der Waals surface area (Å²) in [6, 6.07) is 11.6. The molecule has 25 heavy (non-hydrogen) atoms. The van der Waals surface area contributed by atoms with Gasteiger partial charge in [-0.3, -0.25) is 15.1 Å². The minimum Gasteiger partial charge on any atom is -0.491 e. The molecule has 5 nitrogen and oxygen atoms in total. The standard InChI is InChI=1S/C19H23N3O2S/c1-13(2)24-16-7-5-14(6-8-16)10-21-18(23)17-12-25-19(22-17)15-4-3-9-20-11-15/h3-9,11,13,17,19,22H,10,12H2,1-2H3,(H,21,23). The highest BCUT2D eigenvalue weighted by Gasteiger charge is 2.30. The highest BCUT2D eigenvalue weighted by Crippen LogP contribution is 2.32. The van der Waals surface area contributed by atoms with Crippen molar-refractivity contribution < 1.29 is 9.53 Å². The van der Waals surface area contributed by atoms with Crippen molar-refractivity contribution in [2.24, 2.45) is 0 Å². The maximum absolute atomic E-state index is 12.4. The lowest BCUT2D eigenvalue weighted by Crippen LogP contribution is -2.42. The highest BCUT2D eigenvalue weighted by molar-refractivity contribution is 7.99. The second kappa shape index (κ2) is 8.36. The van der Waals surface area contributed by atoms with Crippen molar-refractivity contribution in [2.75, 3.05) is 5.75 Å². The zero-order valence-electron chi connectivity index (χ0n) is 14.4. The molecule has 3 rings (SSSR count). The monoisotopic (exact) mass is 357 g/mol. The molecule has 1 saturated heterocycles. The number of thioether (sulfide) groups is 1. The average molecular weight is 357 g/mol. The predicted molar refractivity (Wildman–Crippen MR) is 100 cm³/mol. The van der Waals surface area contributed by atoms with Gasteiger partial charge in [0.2, 0.25) is 5.91 Å². The molecule has 1 aliphatic heterocycles. The van der Waals surface area contributed by atoms with Crippen molar-refractivity contribution in [3.05, 3.63) is 59.9 Å². The van der Waals surface area contributed by atoms with Crippen LogP contribution in [-0.4, -0.2) is 28.8 Å². The van der Waals surface area contributed by atoms with Gasteiger partial charge in [0.25, 0.3) is 0 Å². The van der Waals surface area contributed by atoms with E-state index in [1.165, 1.54) is 0 Å². The molecular weight excluding hydrogens is 334 g/mol. The summed E-state index contributed by atoms with van der Waals surface area (Å²) in [6.45, 7) is 4.51. The Kier molecular flexibility index (Phi) is 5.94. The molecule has 132 valence electrons. The number of benzene rings is 1. The normalized spacial score (nSPS) is 19.8. The Bertz CT molecular complexity index is 692. The quantitative estimate of drug-likeness (QED) is 0.832. The van der Waals surface area contributed by atoms with Crippen molar-refractivity contribution in [1.82, 2.24) is 15.6 Å². The number of ether oxygens (including phenoxy) is 1. The Morgan fingerprint density at radius 1 is 1.36 bits per heavy atom. The molecule has 0 spiro atoms. The van der Waals surface area contributed by atoms with Gasteiger partial charge in [0, 0.05) is 24.7 Å². The average Bonchev–Trinajstić information content (AvgIpc) is 3.11. The highest BCUT2D eigenvalue weighted by atomic mass is 32.2. The molecular formula is C19H23N3O2S. The van der Waals surface area contributed by atoms with E-state index < -0.39 is 0 Å². The summed E-state index contributed by atoms with van der Waals surface area (Å²) < 4.78 is 5.62. The first-order valence-electron chi connectivity index (χ1n) is 8.42. The van der Waals surface area contributed by atoms with E-state index in [2.05, 4.69) is 15.6 Å². The number of aromatic nitrogens is 1. The maximum atomic E-state index is 12.4. The largest absolute Gasteiger partial charge is 0.491 e. The first kappa shape index (κ1) is 17.8. The Morgan fingerprint density at radius 3 is 2.84 bits per heavy atom. The minimum atomic E-state index is -0.182. The molecule has 0 aliphatic carbocycles. The topological polar surface area (TPSA) is 63.2 Å². The molecule has 2 heterocycles. The summed E-state index contributed by atoms with van der Waals surface area (Å²) in [6.07, 6.45) is 3.75. The van der Waals surface area contributed by atoms with Crippen molar-refractivity contribution >= 4 is 17.7 Å². The smallest absolute Gasteiger partial charge is 0.238 e. The van der Waals surface area contributed by atoms with Gasteiger partial charge in [-0.25, -0.2) is 0 Å². The van der Waals surface area contributed by atoms with E-state index in [9.17, 15) is 4.79 Å². The van der Waals surface area contributed by atoms with Crippen LogP contribution in [0.1, 0.15) is 30.3 Å². The van der Waals surface area contributed by atoms with Crippen LogP contribution < -0.4 is 15.4 Å². The molecule has 1 aromatic carbocycles. The number of rotatable bonds is 6. The van der Waals surface area contributed by atoms with E-state index >= 15 is 0 Å². The molecule has 0 bridgehead atoms. The number of hydrogen-bond acceptors (Lipinski definition) is 5. The van der Waals surface area contributed by atoms with Crippen LogP contribution in [0.5, 0.6) is 5.75 Å². The SMILES string of the molecule is CC(C)Oc1ccc(CNC(=O)C2CSC(c3cccnc3)N2)cc1. The summed E-state index contributed by atoms with van der Waals surface area (Å²) in [5.74, 6) is 1.63. The molecule has 0 radical (unpaired) electrons. The van der Waals surface area contributed by atoms with Gasteiger partial charge >= 0.3 is 0 Å². The van der Waals surface area contributed by atoms with Gasteiger partial charge in [-0.15, -0.1) is 11.8 Å². The summed E-state index contributed by atoms with van der Waals surface area (Å²) in [4.78, 5) is 16.5. The van der Waals surface area contributed by atoms with Crippen LogP contribution in [0.15, 0.2) is 48.8 Å². The fourth-order valence-corrected chi connectivity index (χ4v) is 3.84. The number of hydrogen-bond donors (Lipinski definition) is 2. The van der Waals surface area contributed by atoms with E-state index in [0.717, 1.165) is 22.6 Å². The van der Waals surface area contributed by atoms with E-state index in [0.29, 0.717) is 6.54 Å². The number of amides is 1. The molecule has 1 fully saturated rings. The number of nitrogens with zero attached hydrogens (tertiary/aromatic N) is 1. The minimum absolute atomic E-state index is 0.0291. The van der Waals surface area contributed by atoms with Gasteiger partial charge in [-0.05, 0) is 43.2 Å². The van der Waals surface area contributed by atoms with Crippen molar-refractivity contribution in [3.63, 3.8) is 0 Å². The van der Waals surface area contributed by atoms with E-state index in [1.807, 2.05) is 56.4 Å². The number of pyridine rings is 1. The third-order valence-corrected chi connectivity index (χ3v) is 5.12. The number of nitrogens with one attached hydrogen (secondary N) is 2. The van der Waals surface area contributed by atoms with Gasteiger partial charge in [-0.2, -0.15) is 0 Å². The Hall–Kier alpha value is -2.05. The predicted octanol–water partition coefficient (Wildman–Crippen LogP) is 2.89. The number of carbonyl (C=O) groups is 1. The first-order chi connectivity index (χ1) is 12.1. The second-order valence-electron chi connectivity index (χ2n) is 6.25. The number of carbonyl (C=O) groups excluding carboxylic acids is 1. The third kappa shape index (κ3) is 4.96. The van der Waals surface area contributed by atoms with Crippen molar-refractivity contribution in [3.8, 4) is 5.75 Å². The van der Waals surface area contributed by atoms with Gasteiger partial charge in [0.05, 0.1) is 17.5 Å². The van der Waals surface area contributed by atoms with Crippen LogP contribution in [0.2, 0.25) is 0 Å². The van der Waals surface area contributed by atoms with E-state index in [-0.39, 0.29) is 23.4 Å². The molecule has 1 aliphatic rings. The van der Waals surface area contributed by atoms with Crippen LogP contribution in [0.3, 0.4) is 0 Å². The molecule has 2 atom stereocenters. The lowest BCUT2D eigenvalue weighted by Gasteiger charge is -2.14. The summed E-state index contributed by atoms with van der Waals surface area (Å²) >= 11 is 1.73. The van der Waals surface area contributed by atoms with Crippen LogP contribution >= 0.6 is 11.8 Å². The Labute approximate surface area is 152 Å². The van der Waals surface area contributed by atoms with Crippen molar-refractivity contribution in [2.45, 2.75) is 37.9 Å². The van der Waals surface area contributed by atoms with Crippen LogP contribution in [0, 0.1) is 0 Å². The fourth-order valence-electron chi connectivity index (χ4n) is 2.62. The molecule has 1 aromatic heterocycles. The Balaban J connectivity index is 1.48. The molecule has 0 saturated carbocycles. The lowest BCUT2D eigenvalue weighted by molar-refractivity contribution is -0.122. The molecule has 2 N–H and O–H groups in total. The molecule has 1 amide bonds. The fraction of sp³-hybridized carbons (Fsp3) is 0.368. The van der Waals surface area contributed by atoms with Crippen molar-refractivity contribution in [1.29, 1.82) is 0 Å². The third-order valence-electron chi connectivity index (χ3n) is 3.85. The van der Waals surface area contributed by atoms with Crippen LogP contribution in [0.4, 0.5) is 0 Å². The second-order valence-corrected chi connectivity index (χ2v) is 7.39. The zero-order chi connectivity index (χ0) is 17.6. The summed E-state index contributed by atoms with van der Waals surface area (Å²) in [7, 11) is 0. The Morgan fingerprint density at radius 2 is 2.16 bits per heavy atom. The maximum Gasteiger partial charge on any atom is 0.238 e. The van der Waals surface area contributed by atoms with E-state index in [1.54, 1.807) is 18.0 Å².